The maximum atomic E-state index is 12.7. The van der Waals surface area contributed by atoms with Gasteiger partial charge in [0.1, 0.15) is 0 Å². The van der Waals surface area contributed by atoms with E-state index in [4.69, 9.17) is 9.47 Å². The van der Waals surface area contributed by atoms with Crippen LogP contribution in [0.3, 0.4) is 0 Å². The van der Waals surface area contributed by atoms with E-state index in [0.717, 1.165) is 18.4 Å². The fourth-order valence-corrected chi connectivity index (χ4v) is 3.93. The molecule has 1 aromatic carbocycles. The quantitative estimate of drug-likeness (QED) is 0.787. The molecule has 2 atom stereocenters. The van der Waals surface area contributed by atoms with Crippen LogP contribution in [-0.2, 0) is 6.42 Å². The Bertz CT molecular complexity index is 617. The monoisotopic (exact) mass is 330 g/mol. The lowest BCUT2D eigenvalue weighted by atomic mass is 9.99. The minimum atomic E-state index is -0.0486. The third-order valence-electron chi connectivity index (χ3n) is 4.99. The van der Waals surface area contributed by atoms with Gasteiger partial charge in [-0.25, -0.2) is 0 Å². The van der Waals surface area contributed by atoms with E-state index in [2.05, 4.69) is 17.2 Å². The van der Waals surface area contributed by atoms with Crippen LogP contribution < -0.4 is 20.1 Å². The number of amides is 1. The highest BCUT2D eigenvalue weighted by Crippen LogP contribution is 2.33. The molecule has 2 aliphatic rings. The summed E-state index contributed by atoms with van der Waals surface area (Å²) in [7, 11) is 3.19. The van der Waals surface area contributed by atoms with Gasteiger partial charge in [0.15, 0.2) is 11.5 Å². The van der Waals surface area contributed by atoms with E-state index in [1.165, 1.54) is 12.8 Å². The maximum Gasteiger partial charge on any atom is 0.251 e. The Hall–Kier alpha value is -2.01. The van der Waals surface area contributed by atoms with Gasteiger partial charge in [-0.2, -0.15) is 0 Å². The standard InChI is InChI=1S/C19H26N2O3/c1-4-5-12-8-13(9-17(23-2)18(12)24-3)19(22)21-16-10-14-6-7-15(11-16)20-14/h4,8-9,14-16,20H,1,5-7,10-11H2,2-3H3,(H,21,22). The number of carbonyl (C=O) groups is 1. The Kier molecular flexibility index (Phi) is 5.09. The third-order valence-corrected chi connectivity index (χ3v) is 4.99. The highest BCUT2D eigenvalue weighted by Gasteiger charge is 2.34. The largest absolute Gasteiger partial charge is 0.493 e. The number of rotatable bonds is 6. The number of fused-ring (bicyclic) bond motifs is 2. The van der Waals surface area contributed by atoms with Crippen LogP contribution in [0.15, 0.2) is 24.8 Å². The Morgan fingerprint density at radius 1 is 1.29 bits per heavy atom. The number of allylic oxidation sites excluding steroid dienone is 1. The number of carbonyl (C=O) groups excluding carboxylic acids is 1. The summed E-state index contributed by atoms with van der Waals surface area (Å²) in [4.78, 5) is 12.7. The van der Waals surface area contributed by atoms with Gasteiger partial charge in [-0.1, -0.05) is 6.08 Å². The minimum absolute atomic E-state index is 0.0486. The number of nitrogens with one attached hydrogen (secondary N) is 2. The molecule has 5 heteroatoms. The Labute approximate surface area is 143 Å². The summed E-state index contributed by atoms with van der Waals surface area (Å²) < 4.78 is 10.8. The lowest BCUT2D eigenvalue weighted by Gasteiger charge is -2.29. The number of benzene rings is 1. The minimum Gasteiger partial charge on any atom is -0.493 e. The summed E-state index contributed by atoms with van der Waals surface area (Å²) in [6.07, 6.45) is 6.87. The van der Waals surface area contributed by atoms with Crippen molar-refractivity contribution in [3.8, 4) is 11.5 Å². The summed E-state index contributed by atoms with van der Waals surface area (Å²) in [5.41, 5.74) is 1.51. The highest BCUT2D eigenvalue weighted by molar-refractivity contribution is 5.95. The molecule has 2 heterocycles. The molecule has 1 aromatic rings. The van der Waals surface area contributed by atoms with Gasteiger partial charge in [0.25, 0.3) is 5.91 Å². The molecule has 0 aliphatic carbocycles. The van der Waals surface area contributed by atoms with Gasteiger partial charge < -0.3 is 20.1 Å². The predicted octanol–water partition coefficient (Wildman–Crippen LogP) is 2.45. The zero-order valence-corrected chi connectivity index (χ0v) is 14.4. The first-order valence-corrected chi connectivity index (χ1v) is 8.57. The second-order valence-electron chi connectivity index (χ2n) is 6.64. The second kappa shape index (κ2) is 7.26. The van der Waals surface area contributed by atoms with Gasteiger partial charge in [0, 0.05) is 29.3 Å². The smallest absolute Gasteiger partial charge is 0.251 e. The van der Waals surface area contributed by atoms with E-state index < -0.39 is 0 Å². The molecule has 1 amide bonds. The van der Waals surface area contributed by atoms with Crippen LogP contribution >= 0.6 is 0 Å². The van der Waals surface area contributed by atoms with Crippen molar-refractivity contribution in [1.82, 2.24) is 10.6 Å². The van der Waals surface area contributed by atoms with E-state index >= 15 is 0 Å². The number of hydrogen-bond acceptors (Lipinski definition) is 4. The molecule has 5 nitrogen and oxygen atoms in total. The van der Waals surface area contributed by atoms with Crippen molar-refractivity contribution in [2.75, 3.05) is 14.2 Å². The van der Waals surface area contributed by atoms with Crippen molar-refractivity contribution in [2.24, 2.45) is 0 Å². The van der Waals surface area contributed by atoms with Crippen LogP contribution in [0, 0.1) is 0 Å². The topological polar surface area (TPSA) is 59.6 Å². The molecule has 0 saturated carbocycles. The molecule has 2 fully saturated rings. The van der Waals surface area contributed by atoms with Gasteiger partial charge in [-0.15, -0.1) is 6.58 Å². The normalized spacial score (nSPS) is 25.2. The number of piperidine rings is 1. The molecule has 3 rings (SSSR count). The summed E-state index contributed by atoms with van der Waals surface area (Å²) in [5.74, 6) is 1.19. The van der Waals surface area contributed by atoms with Gasteiger partial charge in [0.05, 0.1) is 14.2 Å². The summed E-state index contributed by atoms with van der Waals surface area (Å²) in [6.45, 7) is 3.77. The van der Waals surface area contributed by atoms with Crippen molar-refractivity contribution in [1.29, 1.82) is 0 Å². The molecule has 2 aliphatic heterocycles. The molecule has 0 radical (unpaired) electrons. The van der Waals surface area contributed by atoms with Gasteiger partial charge in [0.2, 0.25) is 0 Å². The molecule has 2 saturated heterocycles. The van der Waals surface area contributed by atoms with E-state index in [0.29, 0.717) is 35.6 Å². The SMILES string of the molecule is C=CCc1cc(C(=O)NC2CC3CCC(C2)N3)cc(OC)c1OC. The van der Waals surface area contributed by atoms with Crippen LogP contribution in [0.1, 0.15) is 41.6 Å². The van der Waals surface area contributed by atoms with E-state index in [1.54, 1.807) is 26.4 Å². The average Bonchev–Trinajstić information content (AvgIpc) is 2.92. The zero-order chi connectivity index (χ0) is 17.1. The van der Waals surface area contributed by atoms with Crippen LogP contribution in [-0.4, -0.2) is 38.3 Å². The third kappa shape index (κ3) is 3.41. The van der Waals surface area contributed by atoms with Crippen LogP contribution in [0.5, 0.6) is 11.5 Å². The van der Waals surface area contributed by atoms with E-state index in [9.17, 15) is 4.79 Å². The first kappa shape index (κ1) is 16.8. The fourth-order valence-electron chi connectivity index (χ4n) is 3.93. The average molecular weight is 330 g/mol. The zero-order valence-electron chi connectivity index (χ0n) is 14.4. The maximum absolute atomic E-state index is 12.7. The Balaban J connectivity index is 1.78. The van der Waals surface area contributed by atoms with Gasteiger partial charge in [-0.3, -0.25) is 4.79 Å². The number of ether oxygens (including phenoxy) is 2. The van der Waals surface area contributed by atoms with Gasteiger partial charge in [-0.05, 0) is 44.2 Å². The molecular formula is C19H26N2O3. The lowest BCUT2D eigenvalue weighted by molar-refractivity contribution is 0.0923. The van der Waals surface area contributed by atoms with Crippen molar-refractivity contribution >= 4 is 5.91 Å². The van der Waals surface area contributed by atoms with Crippen molar-refractivity contribution < 1.29 is 14.3 Å². The van der Waals surface area contributed by atoms with Crippen molar-refractivity contribution in [3.05, 3.63) is 35.9 Å². The van der Waals surface area contributed by atoms with Crippen molar-refractivity contribution in [2.45, 2.75) is 50.2 Å². The highest BCUT2D eigenvalue weighted by atomic mass is 16.5. The van der Waals surface area contributed by atoms with Crippen LogP contribution in [0.4, 0.5) is 0 Å². The van der Waals surface area contributed by atoms with Crippen molar-refractivity contribution in [3.63, 3.8) is 0 Å². The summed E-state index contributed by atoms with van der Waals surface area (Å²) in [5, 5.41) is 6.79. The molecular weight excluding hydrogens is 304 g/mol. The Morgan fingerprint density at radius 2 is 2.00 bits per heavy atom. The predicted molar refractivity (Wildman–Crippen MR) is 93.9 cm³/mol. The first-order valence-electron chi connectivity index (χ1n) is 8.57. The second-order valence-corrected chi connectivity index (χ2v) is 6.64. The number of methoxy groups -OCH3 is 2. The van der Waals surface area contributed by atoms with Gasteiger partial charge >= 0.3 is 0 Å². The van der Waals surface area contributed by atoms with Crippen LogP contribution in [0.25, 0.3) is 0 Å². The van der Waals surface area contributed by atoms with Crippen LogP contribution in [0.2, 0.25) is 0 Å². The lowest BCUT2D eigenvalue weighted by Crippen LogP contribution is -2.48. The van der Waals surface area contributed by atoms with E-state index in [-0.39, 0.29) is 11.9 Å². The Morgan fingerprint density at radius 3 is 2.58 bits per heavy atom. The molecule has 24 heavy (non-hydrogen) atoms. The molecule has 0 spiro atoms. The fraction of sp³-hybridized carbons (Fsp3) is 0.526. The molecule has 0 aromatic heterocycles. The molecule has 2 N–H and O–H groups in total. The number of hydrogen-bond donors (Lipinski definition) is 2. The summed E-state index contributed by atoms with van der Waals surface area (Å²) >= 11 is 0. The molecule has 130 valence electrons. The first-order chi connectivity index (χ1) is 11.6. The van der Waals surface area contributed by atoms with E-state index in [1.807, 2.05) is 6.07 Å². The summed E-state index contributed by atoms with van der Waals surface area (Å²) in [6, 6.07) is 4.96. The molecule has 2 unspecified atom stereocenters. The molecule has 2 bridgehead atoms.